The van der Waals surface area contributed by atoms with E-state index in [0.29, 0.717) is 23.1 Å². The van der Waals surface area contributed by atoms with Crippen molar-refractivity contribution in [1.82, 2.24) is 5.32 Å². The maximum Gasteiger partial charge on any atom is 0.287 e. The van der Waals surface area contributed by atoms with Crippen LogP contribution in [0.4, 0.5) is 4.39 Å². The van der Waals surface area contributed by atoms with E-state index in [2.05, 4.69) is 5.32 Å². The summed E-state index contributed by atoms with van der Waals surface area (Å²) in [5, 5.41) is 13.2. The van der Waals surface area contributed by atoms with Crippen molar-refractivity contribution in [3.05, 3.63) is 35.3 Å². The zero-order valence-corrected chi connectivity index (χ0v) is 11.9. The lowest BCUT2D eigenvalue weighted by molar-refractivity contribution is 0.0891. The third kappa shape index (κ3) is 2.65. The van der Waals surface area contributed by atoms with E-state index in [1.165, 1.54) is 18.2 Å². The van der Waals surface area contributed by atoms with Crippen LogP contribution in [0.15, 0.2) is 22.6 Å². The number of hydrogen-bond donors (Lipinski definition) is 2. The predicted molar refractivity (Wildman–Crippen MR) is 76.6 cm³/mol. The molecule has 0 spiro atoms. The molecule has 4 nitrogen and oxygen atoms in total. The minimum atomic E-state index is -0.354. The third-order valence-corrected chi connectivity index (χ3v) is 4.25. The first-order valence-electron chi connectivity index (χ1n) is 7.21. The second-order valence-electron chi connectivity index (χ2n) is 5.67. The summed E-state index contributed by atoms with van der Waals surface area (Å²) in [5.74, 6) is -0.352. The van der Waals surface area contributed by atoms with Gasteiger partial charge in [0, 0.05) is 23.4 Å². The predicted octanol–water partition coefficient (Wildman–Crippen LogP) is 2.77. The van der Waals surface area contributed by atoms with Gasteiger partial charge >= 0.3 is 0 Å². The summed E-state index contributed by atoms with van der Waals surface area (Å²) in [6, 6.07) is 4.20. The Labute approximate surface area is 121 Å². The number of benzene rings is 1. The zero-order valence-electron chi connectivity index (χ0n) is 11.9. The lowest BCUT2D eigenvalue weighted by Gasteiger charge is -2.14. The van der Waals surface area contributed by atoms with Crippen LogP contribution in [0.3, 0.4) is 0 Å². The fourth-order valence-electron chi connectivity index (χ4n) is 2.97. The summed E-state index contributed by atoms with van der Waals surface area (Å²) in [4.78, 5) is 12.2. The lowest BCUT2D eigenvalue weighted by atomic mass is 10.1. The number of aryl methyl sites for hydroxylation is 1. The van der Waals surface area contributed by atoms with E-state index in [4.69, 9.17) is 4.42 Å². The summed E-state index contributed by atoms with van der Waals surface area (Å²) in [5.41, 5.74) is 1.13. The Bertz CT molecular complexity index is 679. The summed E-state index contributed by atoms with van der Waals surface area (Å²) in [6.07, 6.45) is 2.37. The van der Waals surface area contributed by atoms with Crippen molar-refractivity contribution in [3.8, 4) is 0 Å². The van der Waals surface area contributed by atoms with Crippen molar-refractivity contribution in [1.29, 1.82) is 0 Å². The van der Waals surface area contributed by atoms with Gasteiger partial charge in [0.1, 0.15) is 11.4 Å². The molecule has 21 heavy (non-hydrogen) atoms. The molecule has 1 aliphatic carbocycles. The van der Waals surface area contributed by atoms with Gasteiger partial charge in [0.05, 0.1) is 6.10 Å². The number of amides is 1. The van der Waals surface area contributed by atoms with Gasteiger partial charge in [-0.25, -0.2) is 4.39 Å². The zero-order chi connectivity index (χ0) is 15.0. The van der Waals surface area contributed by atoms with Crippen LogP contribution in [0.25, 0.3) is 11.0 Å². The summed E-state index contributed by atoms with van der Waals surface area (Å²) in [7, 11) is 0. The summed E-state index contributed by atoms with van der Waals surface area (Å²) in [6.45, 7) is 2.18. The molecule has 1 aromatic heterocycles. The van der Waals surface area contributed by atoms with Gasteiger partial charge < -0.3 is 14.8 Å². The van der Waals surface area contributed by atoms with Crippen LogP contribution in [0.1, 0.15) is 35.4 Å². The Morgan fingerprint density at radius 3 is 3.00 bits per heavy atom. The molecule has 0 bridgehead atoms. The van der Waals surface area contributed by atoms with Gasteiger partial charge in [-0.15, -0.1) is 0 Å². The molecule has 1 amide bonds. The number of fused-ring (bicyclic) bond motifs is 1. The number of carbonyl (C=O) groups is 1. The molecule has 1 fully saturated rings. The Hall–Kier alpha value is -1.88. The average Bonchev–Trinajstić information content (AvgIpc) is 3.01. The van der Waals surface area contributed by atoms with Gasteiger partial charge in [0.25, 0.3) is 5.91 Å². The van der Waals surface area contributed by atoms with Gasteiger partial charge in [0.2, 0.25) is 0 Å². The van der Waals surface area contributed by atoms with Crippen LogP contribution in [0.2, 0.25) is 0 Å². The fourth-order valence-corrected chi connectivity index (χ4v) is 2.97. The van der Waals surface area contributed by atoms with Crippen LogP contribution < -0.4 is 5.32 Å². The van der Waals surface area contributed by atoms with E-state index >= 15 is 0 Å². The molecular formula is C16H18FNO3. The lowest BCUT2D eigenvalue weighted by Crippen LogP contribution is -2.32. The molecule has 0 radical (unpaired) electrons. The Morgan fingerprint density at radius 2 is 2.29 bits per heavy atom. The van der Waals surface area contributed by atoms with Gasteiger partial charge in [-0.3, -0.25) is 4.79 Å². The Morgan fingerprint density at radius 1 is 1.48 bits per heavy atom. The highest BCUT2D eigenvalue weighted by atomic mass is 19.1. The quantitative estimate of drug-likeness (QED) is 0.914. The topological polar surface area (TPSA) is 62.5 Å². The normalized spacial score (nSPS) is 21.9. The molecule has 2 unspecified atom stereocenters. The second kappa shape index (κ2) is 5.48. The van der Waals surface area contributed by atoms with E-state index < -0.39 is 0 Å². The van der Waals surface area contributed by atoms with Crippen molar-refractivity contribution in [2.45, 2.75) is 32.3 Å². The molecule has 1 aromatic carbocycles. The van der Waals surface area contributed by atoms with Crippen LogP contribution in [0.5, 0.6) is 0 Å². The van der Waals surface area contributed by atoms with Gasteiger partial charge in [-0.1, -0.05) is 6.42 Å². The van der Waals surface area contributed by atoms with Crippen LogP contribution >= 0.6 is 0 Å². The van der Waals surface area contributed by atoms with Crippen LogP contribution in [-0.4, -0.2) is 23.7 Å². The molecule has 0 saturated heterocycles. The SMILES string of the molecule is Cc1c(C(=O)NCC2CCCC2O)oc2ccc(F)cc12. The number of furan rings is 1. The first-order valence-corrected chi connectivity index (χ1v) is 7.21. The van der Waals surface area contributed by atoms with E-state index in [1.54, 1.807) is 6.92 Å². The van der Waals surface area contributed by atoms with E-state index in [1.807, 2.05) is 0 Å². The molecule has 3 rings (SSSR count). The van der Waals surface area contributed by atoms with Gasteiger partial charge in [-0.05, 0) is 38.0 Å². The average molecular weight is 291 g/mol. The number of carbonyl (C=O) groups excluding carboxylic acids is 1. The highest BCUT2D eigenvalue weighted by Gasteiger charge is 2.26. The number of halogens is 1. The van der Waals surface area contributed by atoms with Gasteiger partial charge in [-0.2, -0.15) is 0 Å². The monoisotopic (exact) mass is 291 g/mol. The third-order valence-electron chi connectivity index (χ3n) is 4.25. The molecule has 2 aromatic rings. The van der Waals surface area contributed by atoms with E-state index in [9.17, 15) is 14.3 Å². The van der Waals surface area contributed by atoms with Crippen molar-refractivity contribution in [2.24, 2.45) is 5.92 Å². The number of aliphatic hydroxyl groups excluding tert-OH is 1. The Kier molecular flexibility index (Phi) is 3.68. The smallest absolute Gasteiger partial charge is 0.287 e. The van der Waals surface area contributed by atoms with E-state index in [0.717, 1.165) is 19.3 Å². The maximum absolute atomic E-state index is 13.3. The highest BCUT2D eigenvalue weighted by Crippen LogP contribution is 2.27. The molecule has 1 aliphatic rings. The number of aliphatic hydroxyl groups is 1. The second-order valence-corrected chi connectivity index (χ2v) is 5.67. The van der Waals surface area contributed by atoms with Gasteiger partial charge in [0.15, 0.2) is 5.76 Å². The molecule has 5 heteroatoms. The maximum atomic E-state index is 13.3. The first kappa shape index (κ1) is 14.1. The molecule has 112 valence electrons. The number of rotatable bonds is 3. The number of nitrogens with one attached hydrogen (secondary N) is 1. The largest absolute Gasteiger partial charge is 0.451 e. The standard InChI is InChI=1S/C16H18FNO3/c1-9-12-7-11(17)5-6-14(12)21-15(9)16(20)18-8-10-3-2-4-13(10)19/h5-7,10,13,19H,2-4,8H2,1H3,(H,18,20). The number of hydrogen-bond acceptors (Lipinski definition) is 3. The van der Waals surface area contributed by atoms with Crippen LogP contribution in [-0.2, 0) is 0 Å². The first-order chi connectivity index (χ1) is 10.1. The van der Waals surface area contributed by atoms with E-state index in [-0.39, 0.29) is 29.5 Å². The molecule has 2 N–H and O–H groups in total. The molecule has 1 heterocycles. The minimum Gasteiger partial charge on any atom is -0.451 e. The molecule has 2 atom stereocenters. The highest BCUT2D eigenvalue weighted by molar-refractivity contribution is 5.98. The summed E-state index contributed by atoms with van der Waals surface area (Å²) < 4.78 is 18.8. The summed E-state index contributed by atoms with van der Waals surface area (Å²) >= 11 is 0. The van der Waals surface area contributed by atoms with Crippen molar-refractivity contribution < 1.29 is 18.7 Å². The molecular weight excluding hydrogens is 273 g/mol. The van der Waals surface area contributed by atoms with Crippen molar-refractivity contribution >= 4 is 16.9 Å². The Balaban J connectivity index is 1.76. The molecule has 1 saturated carbocycles. The minimum absolute atomic E-state index is 0.107. The van der Waals surface area contributed by atoms with Crippen molar-refractivity contribution in [2.75, 3.05) is 6.54 Å². The van der Waals surface area contributed by atoms with Crippen molar-refractivity contribution in [3.63, 3.8) is 0 Å². The molecule has 0 aliphatic heterocycles. The fraction of sp³-hybridized carbons (Fsp3) is 0.438. The van der Waals surface area contributed by atoms with Crippen LogP contribution in [0, 0.1) is 18.7 Å².